The predicted molar refractivity (Wildman–Crippen MR) is 84.3 cm³/mol. The highest BCUT2D eigenvalue weighted by atomic mass is 35.5. The molecule has 0 N–H and O–H groups in total. The summed E-state index contributed by atoms with van der Waals surface area (Å²) in [5.41, 5.74) is 1.72. The molecule has 0 spiro atoms. The van der Waals surface area contributed by atoms with Gasteiger partial charge < -0.3 is 4.90 Å². The van der Waals surface area contributed by atoms with Gasteiger partial charge in [0.15, 0.2) is 0 Å². The first-order valence-electron chi connectivity index (χ1n) is 6.86. The minimum absolute atomic E-state index is 0.459. The van der Waals surface area contributed by atoms with Crippen LogP contribution in [0.15, 0.2) is 30.3 Å². The van der Waals surface area contributed by atoms with Crippen LogP contribution in [-0.4, -0.2) is 17.0 Å². The van der Waals surface area contributed by atoms with Crippen molar-refractivity contribution in [3.63, 3.8) is 0 Å². The van der Waals surface area contributed by atoms with E-state index in [1.165, 1.54) is 0 Å². The van der Waals surface area contributed by atoms with Crippen LogP contribution in [-0.2, 0) is 13.0 Å². The molecule has 0 amide bonds. The van der Waals surface area contributed by atoms with Crippen molar-refractivity contribution in [2.45, 2.75) is 26.3 Å². The Balaban J connectivity index is 2.19. The van der Waals surface area contributed by atoms with E-state index in [1.54, 1.807) is 12.1 Å². The molecule has 4 nitrogen and oxygen atoms in total. The lowest BCUT2D eigenvalue weighted by Gasteiger charge is -2.19. The molecule has 2 rings (SSSR count). The number of aromatic nitrogens is 2. The van der Waals surface area contributed by atoms with Gasteiger partial charge in [0.05, 0.1) is 11.6 Å². The largest absolute Gasteiger partial charge is 0.355 e. The highest BCUT2D eigenvalue weighted by molar-refractivity contribution is 6.29. The first kappa shape index (κ1) is 15.3. The fraction of sp³-hybridized carbons (Fsp3) is 0.312. The molecule has 0 fully saturated rings. The van der Waals surface area contributed by atoms with Crippen molar-refractivity contribution < 1.29 is 0 Å². The third-order valence-electron chi connectivity index (χ3n) is 3.07. The van der Waals surface area contributed by atoms with Gasteiger partial charge in [0.1, 0.15) is 16.8 Å². The molecule has 0 saturated heterocycles. The van der Waals surface area contributed by atoms with E-state index in [1.807, 2.05) is 30.1 Å². The number of nitrogens with zero attached hydrogens (tertiary/aromatic N) is 4. The fourth-order valence-corrected chi connectivity index (χ4v) is 2.27. The van der Waals surface area contributed by atoms with Crippen LogP contribution in [0.5, 0.6) is 0 Å². The molecule has 0 bridgehead atoms. The molecule has 5 heteroatoms. The van der Waals surface area contributed by atoms with E-state index >= 15 is 0 Å². The van der Waals surface area contributed by atoms with Gasteiger partial charge in [-0.15, -0.1) is 0 Å². The Labute approximate surface area is 130 Å². The maximum absolute atomic E-state index is 8.94. The summed E-state index contributed by atoms with van der Waals surface area (Å²) in [4.78, 5) is 10.8. The van der Waals surface area contributed by atoms with Crippen LogP contribution in [0.3, 0.4) is 0 Å². The number of aryl methyl sites for hydroxylation is 1. The average molecular weight is 301 g/mol. The normalized spacial score (nSPS) is 10.2. The van der Waals surface area contributed by atoms with Crippen molar-refractivity contribution in [2.75, 3.05) is 11.9 Å². The Kier molecular flexibility index (Phi) is 5.13. The Hall–Kier alpha value is -2.12. The number of hydrogen-bond donors (Lipinski definition) is 0. The Morgan fingerprint density at radius 2 is 2.10 bits per heavy atom. The highest BCUT2D eigenvalue weighted by Crippen LogP contribution is 2.18. The zero-order valence-corrected chi connectivity index (χ0v) is 12.9. The molecule has 0 unspecified atom stereocenters. The summed E-state index contributed by atoms with van der Waals surface area (Å²) in [7, 11) is 1.95. The van der Waals surface area contributed by atoms with E-state index in [0.717, 1.165) is 30.0 Å². The van der Waals surface area contributed by atoms with E-state index in [4.69, 9.17) is 16.9 Å². The highest BCUT2D eigenvalue weighted by Gasteiger charge is 2.08. The van der Waals surface area contributed by atoms with Gasteiger partial charge in [0.2, 0.25) is 0 Å². The summed E-state index contributed by atoms with van der Waals surface area (Å²) in [6.45, 7) is 2.75. The SMILES string of the molecule is CCCc1nc(Cl)cc(N(C)Cc2cccc(C#N)c2)n1. The number of nitriles is 1. The first-order valence-corrected chi connectivity index (χ1v) is 7.23. The lowest BCUT2D eigenvalue weighted by molar-refractivity contribution is 0.812. The van der Waals surface area contributed by atoms with Crippen molar-refractivity contribution in [3.8, 4) is 6.07 Å². The van der Waals surface area contributed by atoms with Crippen LogP contribution in [0.2, 0.25) is 5.15 Å². The van der Waals surface area contributed by atoms with E-state index in [2.05, 4.69) is 23.0 Å². The van der Waals surface area contributed by atoms with Crippen molar-refractivity contribution in [1.82, 2.24) is 9.97 Å². The number of benzene rings is 1. The number of halogens is 1. The summed E-state index contributed by atoms with van der Waals surface area (Å²) in [6.07, 6.45) is 1.79. The molecule has 21 heavy (non-hydrogen) atoms. The van der Waals surface area contributed by atoms with Crippen LogP contribution in [0, 0.1) is 11.3 Å². The molecule has 1 aromatic heterocycles. The summed E-state index contributed by atoms with van der Waals surface area (Å²) in [6, 6.07) is 11.5. The summed E-state index contributed by atoms with van der Waals surface area (Å²) in [5, 5.41) is 9.40. The quantitative estimate of drug-likeness (QED) is 0.792. The lowest BCUT2D eigenvalue weighted by Crippen LogP contribution is -2.18. The van der Waals surface area contributed by atoms with E-state index in [9.17, 15) is 0 Å². The molecule has 0 aliphatic rings. The fourth-order valence-electron chi connectivity index (χ4n) is 2.08. The number of anilines is 1. The van der Waals surface area contributed by atoms with Crippen molar-refractivity contribution in [2.24, 2.45) is 0 Å². The van der Waals surface area contributed by atoms with Crippen molar-refractivity contribution in [3.05, 3.63) is 52.4 Å². The zero-order valence-electron chi connectivity index (χ0n) is 12.2. The molecule has 0 aliphatic carbocycles. The third kappa shape index (κ3) is 4.17. The molecule has 0 atom stereocenters. The summed E-state index contributed by atoms with van der Waals surface area (Å²) >= 11 is 6.06. The van der Waals surface area contributed by atoms with E-state index in [0.29, 0.717) is 17.3 Å². The van der Waals surface area contributed by atoms with Gasteiger partial charge in [-0.25, -0.2) is 9.97 Å². The average Bonchev–Trinajstić information content (AvgIpc) is 2.47. The van der Waals surface area contributed by atoms with Gasteiger partial charge in [0.25, 0.3) is 0 Å². The van der Waals surface area contributed by atoms with Crippen LogP contribution < -0.4 is 4.90 Å². The van der Waals surface area contributed by atoms with Gasteiger partial charge in [-0.2, -0.15) is 5.26 Å². The molecule has 108 valence electrons. The lowest BCUT2D eigenvalue weighted by atomic mass is 10.1. The monoisotopic (exact) mass is 300 g/mol. The topological polar surface area (TPSA) is 52.8 Å². The zero-order chi connectivity index (χ0) is 15.2. The van der Waals surface area contributed by atoms with Gasteiger partial charge in [-0.05, 0) is 24.1 Å². The second kappa shape index (κ2) is 7.05. The summed E-state index contributed by atoms with van der Waals surface area (Å²) in [5.74, 6) is 1.55. The molecule has 0 aliphatic heterocycles. The molecule has 2 aromatic rings. The Bertz CT molecular complexity index is 664. The van der Waals surface area contributed by atoms with Crippen LogP contribution in [0.25, 0.3) is 0 Å². The van der Waals surface area contributed by atoms with Gasteiger partial charge in [-0.3, -0.25) is 0 Å². The number of hydrogen-bond acceptors (Lipinski definition) is 4. The first-order chi connectivity index (χ1) is 10.1. The second-order valence-electron chi connectivity index (χ2n) is 4.88. The molecule has 0 radical (unpaired) electrons. The summed E-state index contributed by atoms with van der Waals surface area (Å²) < 4.78 is 0. The minimum Gasteiger partial charge on any atom is -0.355 e. The second-order valence-corrected chi connectivity index (χ2v) is 5.27. The van der Waals surface area contributed by atoms with Crippen molar-refractivity contribution in [1.29, 1.82) is 5.26 Å². The Morgan fingerprint density at radius 3 is 2.81 bits per heavy atom. The standard InChI is InChI=1S/C16H17ClN4/c1-3-5-15-19-14(17)9-16(20-15)21(2)11-13-7-4-6-12(8-13)10-18/h4,6-9H,3,5,11H2,1-2H3. The molecule has 1 heterocycles. The van der Waals surface area contributed by atoms with Crippen LogP contribution in [0.4, 0.5) is 5.82 Å². The molecular weight excluding hydrogens is 284 g/mol. The maximum Gasteiger partial charge on any atom is 0.134 e. The predicted octanol–water partition coefficient (Wildman–Crippen LogP) is 3.59. The molecule has 0 saturated carbocycles. The van der Waals surface area contributed by atoms with E-state index in [-0.39, 0.29) is 0 Å². The van der Waals surface area contributed by atoms with E-state index < -0.39 is 0 Å². The van der Waals surface area contributed by atoms with Gasteiger partial charge in [-0.1, -0.05) is 30.7 Å². The van der Waals surface area contributed by atoms with Gasteiger partial charge in [0, 0.05) is 26.1 Å². The van der Waals surface area contributed by atoms with Gasteiger partial charge >= 0.3 is 0 Å². The minimum atomic E-state index is 0.459. The maximum atomic E-state index is 8.94. The van der Waals surface area contributed by atoms with Crippen LogP contribution in [0.1, 0.15) is 30.3 Å². The third-order valence-corrected chi connectivity index (χ3v) is 3.26. The Morgan fingerprint density at radius 1 is 1.29 bits per heavy atom. The molecular formula is C16H17ClN4. The smallest absolute Gasteiger partial charge is 0.134 e. The van der Waals surface area contributed by atoms with Crippen molar-refractivity contribution >= 4 is 17.4 Å². The molecule has 1 aromatic carbocycles. The number of rotatable bonds is 5. The van der Waals surface area contributed by atoms with Crippen LogP contribution >= 0.6 is 11.6 Å².